The van der Waals surface area contributed by atoms with Crippen LogP contribution in [0.15, 0.2) is 42.5 Å². The number of rotatable bonds is 18. The molecule has 0 radical (unpaired) electrons. The minimum absolute atomic E-state index is 0.0116. The summed E-state index contributed by atoms with van der Waals surface area (Å²) >= 11 is 0. The van der Waals surface area contributed by atoms with Crippen LogP contribution < -0.4 is 10.6 Å². The molecule has 218 valence electrons. The lowest BCUT2D eigenvalue weighted by Crippen LogP contribution is -2.51. The molecule has 0 amide bonds. The number of phenols is 1. The minimum Gasteiger partial charge on any atom is -0.506 e. The normalized spacial score (nSPS) is 20.2. The van der Waals surface area contributed by atoms with E-state index in [9.17, 15) is 10.2 Å². The van der Waals surface area contributed by atoms with Gasteiger partial charge < -0.3 is 44.5 Å². The second kappa shape index (κ2) is 17.5. The number of nitrogens with one attached hydrogen (secondary N) is 2. The molecule has 4 atom stereocenters. The van der Waals surface area contributed by atoms with E-state index in [1.807, 2.05) is 19.1 Å². The molecule has 2 aromatic rings. The van der Waals surface area contributed by atoms with Crippen molar-refractivity contribution in [3.8, 4) is 5.75 Å². The van der Waals surface area contributed by atoms with Crippen LogP contribution in [0.4, 0.5) is 5.69 Å². The maximum Gasteiger partial charge on any atom is 0.138 e. The van der Waals surface area contributed by atoms with Crippen LogP contribution in [0.25, 0.3) is 0 Å². The molecular weight excluding hydrogens is 500 g/mol. The number of phenolic OH excluding ortho intramolecular Hbond substituents is 1. The Morgan fingerprint density at radius 2 is 1.64 bits per heavy atom. The Balaban J connectivity index is 1.70. The predicted octanol–water partition coefficient (Wildman–Crippen LogP) is 3.43. The lowest BCUT2D eigenvalue weighted by atomic mass is 9.85. The summed E-state index contributed by atoms with van der Waals surface area (Å²) in [5, 5.41) is 27.1. The van der Waals surface area contributed by atoms with Crippen molar-refractivity contribution in [2.45, 2.75) is 57.2 Å². The molecule has 0 saturated carbocycles. The third kappa shape index (κ3) is 10.3. The fraction of sp³-hybridized carbons (Fsp3) is 0.600. The van der Waals surface area contributed by atoms with Gasteiger partial charge in [-0.1, -0.05) is 37.3 Å². The highest BCUT2D eigenvalue weighted by molar-refractivity contribution is 5.57. The number of methoxy groups -OCH3 is 2. The summed E-state index contributed by atoms with van der Waals surface area (Å²) in [5.74, 6) is 0.199. The summed E-state index contributed by atoms with van der Waals surface area (Å²) in [6.45, 7) is 7.01. The van der Waals surface area contributed by atoms with E-state index in [1.54, 1.807) is 20.3 Å². The van der Waals surface area contributed by atoms with Crippen LogP contribution in [0.2, 0.25) is 0 Å². The first-order chi connectivity index (χ1) is 19.0. The summed E-state index contributed by atoms with van der Waals surface area (Å²) < 4.78 is 28.5. The van der Waals surface area contributed by atoms with Gasteiger partial charge in [0.1, 0.15) is 5.75 Å². The van der Waals surface area contributed by atoms with Crippen LogP contribution in [-0.2, 0) is 36.9 Å². The van der Waals surface area contributed by atoms with E-state index in [0.29, 0.717) is 64.8 Å². The van der Waals surface area contributed by atoms with Crippen LogP contribution >= 0.6 is 0 Å². The van der Waals surface area contributed by atoms with Crippen molar-refractivity contribution in [2.75, 3.05) is 65.6 Å². The molecule has 3 rings (SSSR count). The standard InChI is InChI=1S/C30H46N2O7/c1-4-25(33)21-39-29-18-31-17-28(30(29)24-9-6-22(7-10-24)19-37-15-14-36-3)38-20-23-8-11-27(34)26(16-23)32-12-5-13-35-2/h6-11,16,25,28-34H,4-5,12-15,17-21H2,1-3H3/t25?,28-,29+,30+/m0/s1. The Morgan fingerprint density at radius 1 is 0.923 bits per heavy atom. The summed E-state index contributed by atoms with van der Waals surface area (Å²) in [5.41, 5.74) is 3.87. The zero-order valence-electron chi connectivity index (χ0n) is 23.6. The third-order valence-electron chi connectivity index (χ3n) is 6.90. The molecule has 0 aromatic heterocycles. The highest BCUT2D eigenvalue weighted by Gasteiger charge is 2.36. The largest absolute Gasteiger partial charge is 0.506 e. The second-order valence-corrected chi connectivity index (χ2v) is 9.88. The fourth-order valence-corrected chi connectivity index (χ4v) is 4.59. The Hall–Kier alpha value is -2.24. The molecule has 2 aromatic carbocycles. The molecular formula is C30H46N2O7. The Morgan fingerprint density at radius 3 is 2.36 bits per heavy atom. The summed E-state index contributed by atoms with van der Waals surface area (Å²) in [4.78, 5) is 0. The molecule has 1 aliphatic rings. The SMILES string of the molecule is CCC(O)CO[C@@H]1CNC[C@H](OCc2ccc(O)c(NCCCOC)c2)[C@H]1c1ccc(COCCOC)cc1. The van der Waals surface area contributed by atoms with Crippen molar-refractivity contribution < 1.29 is 33.9 Å². The first-order valence-corrected chi connectivity index (χ1v) is 13.9. The maximum absolute atomic E-state index is 10.3. The minimum atomic E-state index is -0.495. The van der Waals surface area contributed by atoms with Crippen molar-refractivity contribution >= 4 is 5.69 Å². The third-order valence-corrected chi connectivity index (χ3v) is 6.90. The Kier molecular flexibility index (Phi) is 14.0. The molecule has 39 heavy (non-hydrogen) atoms. The molecule has 1 fully saturated rings. The quantitative estimate of drug-likeness (QED) is 0.165. The van der Waals surface area contributed by atoms with Crippen LogP contribution in [0.5, 0.6) is 5.75 Å². The highest BCUT2D eigenvalue weighted by atomic mass is 16.5. The fourth-order valence-electron chi connectivity index (χ4n) is 4.59. The molecule has 4 N–H and O–H groups in total. The van der Waals surface area contributed by atoms with Crippen LogP contribution in [0.1, 0.15) is 42.4 Å². The lowest BCUT2D eigenvalue weighted by Gasteiger charge is -2.39. The molecule has 0 bridgehead atoms. The number of piperidine rings is 1. The van der Waals surface area contributed by atoms with Gasteiger partial charge in [-0.3, -0.25) is 0 Å². The predicted molar refractivity (Wildman–Crippen MR) is 151 cm³/mol. The van der Waals surface area contributed by atoms with E-state index >= 15 is 0 Å². The van der Waals surface area contributed by atoms with Gasteiger partial charge in [-0.25, -0.2) is 0 Å². The number of benzene rings is 2. The second-order valence-electron chi connectivity index (χ2n) is 9.88. The summed E-state index contributed by atoms with van der Waals surface area (Å²) in [6.07, 6.45) is 0.707. The first kappa shape index (κ1) is 31.3. The molecule has 0 aliphatic carbocycles. The van der Waals surface area contributed by atoms with Crippen molar-refractivity contribution in [3.63, 3.8) is 0 Å². The number of ether oxygens (including phenoxy) is 5. The Bertz CT molecular complexity index is 943. The first-order valence-electron chi connectivity index (χ1n) is 13.9. The van der Waals surface area contributed by atoms with Crippen molar-refractivity contribution in [1.29, 1.82) is 0 Å². The van der Waals surface area contributed by atoms with Gasteiger partial charge in [-0.15, -0.1) is 0 Å². The molecule has 1 unspecified atom stereocenters. The van der Waals surface area contributed by atoms with E-state index < -0.39 is 6.10 Å². The zero-order valence-corrected chi connectivity index (χ0v) is 23.6. The van der Waals surface area contributed by atoms with Crippen LogP contribution in [0.3, 0.4) is 0 Å². The molecule has 1 heterocycles. The average Bonchev–Trinajstić information content (AvgIpc) is 2.96. The van der Waals surface area contributed by atoms with Gasteiger partial charge >= 0.3 is 0 Å². The summed E-state index contributed by atoms with van der Waals surface area (Å²) in [6, 6.07) is 13.9. The van der Waals surface area contributed by atoms with Gasteiger partial charge in [-0.2, -0.15) is 0 Å². The highest BCUT2D eigenvalue weighted by Crippen LogP contribution is 2.32. The van der Waals surface area contributed by atoms with Gasteiger partial charge in [0, 0.05) is 46.4 Å². The van der Waals surface area contributed by atoms with E-state index in [4.69, 9.17) is 23.7 Å². The smallest absolute Gasteiger partial charge is 0.138 e. The monoisotopic (exact) mass is 546 g/mol. The topological polar surface area (TPSA) is 111 Å². The number of aliphatic hydroxyl groups is 1. The molecule has 1 saturated heterocycles. The van der Waals surface area contributed by atoms with E-state index in [1.165, 1.54) is 0 Å². The number of anilines is 1. The van der Waals surface area contributed by atoms with E-state index in [-0.39, 0.29) is 30.5 Å². The lowest BCUT2D eigenvalue weighted by molar-refractivity contribution is -0.0777. The van der Waals surface area contributed by atoms with Crippen molar-refractivity contribution in [2.24, 2.45) is 0 Å². The maximum atomic E-state index is 10.3. The molecule has 9 heteroatoms. The van der Waals surface area contributed by atoms with Gasteiger partial charge in [0.2, 0.25) is 0 Å². The van der Waals surface area contributed by atoms with Gasteiger partial charge in [0.05, 0.1) is 57.0 Å². The van der Waals surface area contributed by atoms with Gasteiger partial charge in [0.25, 0.3) is 0 Å². The molecule has 1 aliphatic heterocycles. The van der Waals surface area contributed by atoms with Crippen LogP contribution in [-0.4, -0.2) is 88.8 Å². The van der Waals surface area contributed by atoms with Gasteiger partial charge in [-0.05, 0) is 41.7 Å². The van der Waals surface area contributed by atoms with Gasteiger partial charge in [0.15, 0.2) is 0 Å². The summed E-state index contributed by atoms with van der Waals surface area (Å²) in [7, 11) is 3.34. The van der Waals surface area contributed by atoms with Crippen molar-refractivity contribution in [1.82, 2.24) is 5.32 Å². The zero-order chi connectivity index (χ0) is 27.9. The molecule has 0 spiro atoms. The van der Waals surface area contributed by atoms with Crippen LogP contribution in [0, 0.1) is 0 Å². The number of hydrogen-bond donors (Lipinski definition) is 4. The number of hydrogen-bond acceptors (Lipinski definition) is 9. The van der Waals surface area contributed by atoms with E-state index in [2.05, 4.69) is 34.9 Å². The molecule has 9 nitrogen and oxygen atoms in total. The number of aliphatic hydroxyl groups excluding tert-OH is 1. The number of aromatic hydroxyl groups is 1. The average molecular weight is 547 g/mol. The van der Waals surface area contributed by atoms with E-state index in [0.717, 1.165) is 23.1 Å². The van der Waals surface area contributed by atoms with Crippen molar-refractivity contribution in [3.05, 3.63) is 59.2 Å². The Labute approximate surface area is 232 Å².